The second-order valence-electron chi connectivity index (χ2n) is 11.9. The largest absolute Gasteiger partial charge is 0.391 e. The van der Waals surface area contributed by atoms with Gasteiger partial charge in [-0.15, -0.1) is 0 Å². The van der Waals surface area contributed by atoms with Crippen LogP contribution in [0.5, 0.6) is 0 Å². The van der Waals surface area contributed by atoms with Crippen molar-refractivity contribution in [2.75, 3.05) is 6.54 Å². The summed E-state index contributed by atoms with van der Waals surface area (Å²) in [6.07, 6.45) is 26.3. The van der Waals surface area contributed by atoms with E-state index in [1.54, 1.807) is 0 Å². The molecule has 0 saturated carbocycles. The number of allylic oxidation sites excluding steroid dienone is 10. The van der Waals surface area contributed by atoms with Crippen molar-refractivity contribution in [1.82, 2.24) is 21.3 Å². The van der Waals surface area contributed by atoms with Gasteiger partial charge >= 0.3 is 0 Å². The van der Waals surface area contributed by atoms with E-state index < -0.39 is 42.1 Å². The van der Waals surface area contributed by atoms with Crippen LogP contribution in [0.2, 0.25) is 0 Å². The molecule has 2 aliphatic heterocycles. The van der Waals surface area contributed by atoms with Gasteiger partial charge in [-0.3, -0.25) is 35.3 Å². The van der Waals surface area contributed by atoms with Crippen LogP contribution >= 0.6 is 0 Å². The standard InChI is InChI=1S/C35H54N6O5/c1-5-6-7-8-9-10-11-12-13-14-15-16-17-18-19-20-21-22-29(43)37-27(23-25(2)3)33(45)40-35-39-32-30(34(46)41-35)38-28(24-36-32)31(44)26(4)42/h6-7,9-10,12-13,15-16,18-19,25-28,30-31,38,42,44H,5,8,11,14,17,20-24H2,1-4H3,(H,37,43)(H2,36,39,40,41,45,46)/b7-6-,10-9-,13-12-,16-15-,19-18-/t26-,27?,28+,30?,31-/m0/s1. The molecule has 6 N–H and O–H groups in total. The molecule has 2 unspecified atom stereocenters. The van der Waals surface area contributed by atoms with Gasteiger partial charge in [0.25, 0.3) is 5.91 Å². The SMILES string of the molecule is CC/C=C\C/C=C\C/C=C\C/C=C\C/C=C\CCCC(=O)NC(CC(C)C)C(=O)NC1=NC2=NC[C@H]([C@@H](O)[C@H](C)O)NC2C(=O)N1. The van der Waals surface area contributed by atoms with Crippen molar-refractivity contribution in [3.63, 3.8) is 0 Å². The molecule has 0 fully saturated rings. The van der Waals surface area contributed by atoms with Crippen molar-refractivity contribution in [3.05, 3.63) is 60.8 Å². The average Bonchev–Trinajstić information content (AvgIpc) is 3.01. The van der Waals surface area contributed by atoms with Gasteiger partial charge in [-0.1, -0.05) is 81.5 Å². The predicted octanol–water partition coefficient (Wildman–Crippen LogP) is 3.52. The summed E-state index contributed by atoms with van der Waals surface area (Å²) in [6, 6.07) is -2.32. The van der Waals surface area contributed by atoms with Gasteiger partial charge in [0.05, 0.1) is 24.8 Å². The Balaban J connectivity index is 1.73. The number of aliphatic imine (C=N–C) groups is 2. The number of guanidine groups is 1. The van der Waals surface area contributed by atoms with Crippen LogP contribution in [0.25, 0.3) is 0 Å². The van der Waals surface area contributed by atoms with Crippen LogP contribution in [0.3, 0.4) is 0 Å². The van der Waals surface area contributed by atoms with Gasteiger partial charge in [0, 0.05) is 6.42 Å². The lowest BCUT2D eigenvalue weighted by atomic mass is 10.0. The van der Waals surface area contributed by atoms with E-state index in [9.17, 15) is 24.6 Å². The molecule has 0 spiro atoms. The summed E-state index contributed by atoms with van der Waals surface area (Å²) in [7, 11) is 0. The number of amides is 3. The van der Waals surface area contributed by atoms with Gasteiger partial charge in [-0.2, -0.15) is 4.99 Å². The molecule has 2 heterocycles. The summed E-state index contributed by atoms with van der Waals surface area (Å²) in [5.74, 6) is -0.953. The van der Waals surface area contributed by atoms with Crippen molar-refractivity contribution in [2.45, 2.75) is 116 Å². The van der Waals surface area contributed by atoms with E-state index in [2.05, 4.69) is 98.9 Å². The van der Waals surface area contributed by atoms with Crippen LogP contribution in [0, 0.1) is 5.92 Å². The third-order valence-corrected chi connectivity index (χ3v) is 7.26. The fourth-order valence-corrected chi connectivity index (χ4v) is 4.77. The van der Waals surface area contributed by atoms with Crippen molar-refractivity contribution < 1.29 is 24.6 Å². The Bertz CT molecular complexity index is 1180. The molecule has 2 aliphatic rings. The van der Waals surface area contributed by atoms with E-state index in [4.69, 9.17) is 0 Å². The first kappa shape index (κ1) is 38.5. The number of nitrogens with zero attached hydrogens (tertiary/aromatic N) is 2. The highest BCUT2D eigenvalue weighted by Gasteiger charge is 2.38. The van der Waals surface area contributed by atoms with Gasteiger partial charge in [0.1, 0.15) is 12.1 Å². The van der Waals surface area contributed by atoms with Gasteiger partial charge < -0.3 is 15.5 Å². The van der Waals surface area contributed by atoms with E-state index in [1.165, 1.54) is 6.92 Å². The van der Waals surface area contributed by atoms with Crippen molar-refractivity contribution in [2.24, 2.45) is 15.9 Å². The van der Waals surface area contributed by atoms with E-state index in [0.717, 1.165) is 38.5 Å². The van der Waals surface area contributed by atoms with Crippen LogP contribution in [0.15, 0.2) is 70.7 Å². The van der Waals surface area contributed by atoms with E-state index >= 15 is 0 Å². The van der Waals surface area contributed by atoms with Crippen LogP contribution < -0.4 is 21.3 Å². The Morgan fingerprint density at radius 1 is 0.935 bits per heavy atom. The Morgan fingerprint density at radius 3 is 2.09 bits per heavy atom. The highest BCUT2D eigenvalue weighted by atomic mass is 16.3. The number of nitrogens with one attached hydrogen (secondary N) is 4. The maximum atomic E-state index is 13.1. The summed E-state index contributed by atoms with van der Waals surface area (Å²) in [5, 5.41) is 30.7. The Labute approximate surface area is 274 Å². The molecular weight excluding hydrogens is 584 g/mol. The smallest absolute Gasteiger partial charge is 0.251 e. The molecule has 5 atom stereocenters. The normalized spacial score (nSPS) is 20.7. The molecule has 0 aliphatic carbocycles. The van der Waals surface area contributed by atoms with Gasteiger partial charge in [-0.25, -0.2) is 0 Å². The molecule has 0 aromatic carbocycles. The fraction of sp³-hybridized carbons (Fsp3) is 0.571. The molecule has 0 radical (unpaired) electrons. The Kier molecular flexibility index (Phi) is 18.4. The van der Waals surface area contributed by atoms with Crippen molar-refractivity contribution in [3.8, 4) is 0 Å². The third kappa shape index (κ3) is 15.1. The van der Waals surface area contributed by atoms with Crippen LogP contribution in [0.4, 0.5) is 0 Å². The number of unbranched alkanes of at least 4 members (excludes halogenated alkanes) is 1. The number of rotatable bonds is 19. The molecule has 0 aromatic rings. The lowest BCUT2D eigenvalue weighted by molar-refractivity contribution is -0.128. The van der Waals surface area contributed by atoms with Gasteiger partial charge in [0.2, 0.25) is 17.8 Å². The lowest BCUT2D eigenvalue weighted by Crippen LogP contribution is -2.65. The zero-order chi connectivity index (χ0) is 33.7. The molecule has 2 rings (SSSR count). The Morgan fingerprint density at radius 2 is 1.52 bits per heavy atom. The van der Waals surface area contributed by atoms with Gasteiger partial charge in [-0.05, 0) is 64.2 Å². The minimum absolute atomic E-state index is 0.0669. The number of aliphatic hydroxyl groups is 2. The first-order valence-corrected chi connectivity index (χ1v) is 16.5. The summed E-state index contributed by atoms with van der Waals surface area (Å²) in [6.45, 7) is 7.62. The number of amidine groups is 1. The maximum Gasteiger partial charge on any atom is 0.251 e. The molecule has 254 valence electrons. The van der Waals surface area contributed by atoms with Crippen LogP contribution in [-0.2, 0) is 14.4 Å². The predicted molar refractivity (Wildman–Crippen MR) is 184 cm³/mol. The highest BCUT2D eigenvalue weighted by molar-refractivity contribution is 6.22. The quantitative estimate of drug-likeness (QED) is 0.0936. The topological polar surface area (TPSA) is 165 Å². The summed E-state index contributed by atoms with van der Waals surface area (Å²) in [4.78, 5) is 47.0. The molecule has 0 bridgehead atoms. The second kappa shape index (κ2) is 22.0. The zero-order valence-electron chi connectivity index (χ0n) is 27.8. The average molecular weight is 639 g/mol. The fourth-order valence-electron chi connectivity index (χ4n) is 4.77. The second-order valence-corrected chi connectivity index (χ2v) is 11.9. The van der Waals surface area contributed by atoms with E-state index in [0.29, 0.717) is 12.8 Å². The molecule has 3 amide bonds. The molecule has 0 saturated heterocycles. The summed E-state index contributed by atoms with van der Waals surface area (Å²) < 4.78 is 0. The lowest BCUT2D eigenvalue weighted by Gasteiger charge is -2.34. The van der Waals surface area contributed by atoms with E-state index in [-0.39, 0.29) is 36.6 Å². The molecule has 46 heavy (non-hydrogen) atoms. The molecule has 11 nitrogen and oxygen atoms in total. The number of fused-ring (bicyclic) bond motifs is 1. The minimum Gasteiger partial charge on any atom is -0.391 e. The zero-order valence-corrected chi connectivity index (χ0v) is 27.8. The Hall–Kier alpha value is -3.67. The number of hydrogen-bond acceptors (Lipinski definition) is 8. The van der Waals surface area contributed by atoms with Crippen LogP contribution in [0.1, 0.15) is 85.5 Å². The van der Waals surface area contributed by atoms with Crippen molar-refractivity contribution in [1.29, 1.82) is 0 Å². The van der Waals surface area contributed by atoms with Crippen molar-refractivity contribution >= 4 is 29.5 Å². The summed E-state index contributed by atoms with van der Waals surface area (Å²) in [5.41, 5.74) is 0. The first-order chi connectivity index (χ1) is 22.1. The van der Waals surface area contributed by atoms with Crippen LogP contribution in [-0.4, -0.2) is 76.6 Å². The number of aliphatic hydroxyl groups excluding tert-OH is 2. The molecular formula is C35H54N6O5. The highest BCUT2D eigenvalue weighted by Crippen LogP contribution is 2.12. The summed E-state index contributed by atoms with van der Waals surface area (Å²) >= 11 is 0. The van der Waals surface area contributed by atoms with Gasteiger partial charge in [0.15, 0.2) is 5.84 Å². The molecule has 0 aromatic heterocycles. The monoisotopic (exact) mass is 638 g/mol. The first-order valence-electron chi connectivity index (χ1n) is 16.5. The maximum absolute atomic E-state index is 13.1. The minimum atomic E-state index is -1.10. The van der Waals surface area contributed by atoms with E-state index in [1.807, 2.05) is 13.8 Å². The third-order valence-electron chi connectivity index (χ3n) is 7.26. The number of hydrogen-bond donors (Lipinski definition) is 6. The number of carbonyl (C=O) groups excluding carboxylic acids is 3. The molecule has 11 heteroatoms. The number of carbonyl (C=O) groups is 3.